The number of halogens is 1. The van der Waals surface area contributed by atoms with Crippen LogP contribution in [-0.4, -0.2) is 42.5 Å². The molecule has 6 rings (SSSR count). The van der Waals surface area contributed by atoms with E-state index >= 15 is 0 Å². The molecule has 0 aliphatic carbocycles. The van der Waals surface area contributed by atoms with E-state index in [0.29, 0.717) is 28.5 Å². The topological polar surface area (TPSA) is 101 Å². The molecule has 1 aliphatic rings. The molecule has 1 fully saturated rings. The van der Waals surface area contributed by atoms with Gasteiger partial charge in [0.2, 0.25) is 0 Å². The molecule has 0 radical (unpaired) electrons. The van der Waals surface area contributed by atoms with Crippen molar-refractivity contribution in [2.45, 2.75) is 45.4 Å². The van der Waals surface area contributed by atoms with Gasteiger partial charge in [-0.2, -0.15) is 0 Å². The van der Waals surface area contributed by atoms with Crippen LogP contribution >= 0.6 is 11.6 Å². The zero-order valence-corrected chi connectivity index (χ0v) is 21.5. The summed E-state index contributed by atoms with van der Waals surface area (Å²) < 4.78 is 1.97. The van der Waals surface area contributed by atoms with Gasteiger partial charge in [0.25, 0.3) is 0 Å². The van der Waals surface area contributed by atoms with Crippen LogP contribution in [0.1, 0.15) is 41.6 Å². The molecule has 190 valence electrons. The number of nitrogens with zero attached hydrogens (tertiary/aromatic N) is 5. The smallest absolute Gasteiger partial charge is 0.165 e. The van der Waals surface area contributed by atoms with Crippen molar-refractivity contribution >= 4 is 39.5 Å². The van der Waals surface area contributed by atoms with E-state index in [1.807, 2.05) is 16.7 Å². The Morgan fingerprint density at radius 2 is 1.81 bits per heavy atom. The zero-order chi connectivity index (χ0) is 25.2. The van der Waals surface area contributed by atoms with Gasteiger partial charge in [0.1, 0.15) is 11.8 Å². The van der Waals surface area contributed by atoms with Gasteiger partial charge in [-0.3, -0.25) is 4.90 Å². The van der Waals surface area contributed by atoms with Crippen LogP contribution in [0.5, 0.6) is 0 Å². The van der Waals surface area contributed by atoms with Crippen LogP contribution in [0.2, 0.25) is 5.02 Å². The number of piperidine rings is 1. The SMILES string of the molecule is Nc1ncnc2c1ncn2Cc1cc(Cl)cc2cc(CNCc3cccc(CN4CCCCC4)c3)[nH]c12. The van der Waals surface area contributed by atoms with Gasteiger partial charge in [0.15, 0.2) is 11.5 Å². The molecule has 37 heavy (non-hydrogen) atoms. The van der Waals surface area contributed by atoms with Gasteiger partial charge < -0.3 is 20.6 Å². The number of fused-ring (bicyclic) bond motifs is 2. The average Bonchev–Trinajstić information content (AvgIpc) is 3.50. The molecular formula is C28H31ClN8. The van der Waals surface area contributed by atoms with E-state index in [1.165, 1.54) is 49.8 Å². The second kappa shape index (κ2) is 10.5. The first kappa shape index (κ1) is 23.9. The van der Waals surface area contributed by atoms with E-state index in [1.54, 1.807) is 6.33 Å². The van der Waals surface area contributed by atoms with Crippen molar-refractivity contribution in [1.82, 2.24) is 34.7 Å². The molecule has 5 aromatic rings. The lowest BCUT2D eigenvalue weighted by atomic mass is 10.1. The summed E-state index contributed by atoms with van der Waals surface area (Å²) in [6.45, 7) is 5.60. The van der Waals surface area contributed by atoms with Gasteiger partial charge in [-0.15, -0.1) is 0 Å². The van der Waals surface area contributed by atoms with Crippen molar-refractivity contribution in [2.75, 3.05) is 18.8 Å². The van der Waals surface area contributed by atoms with E-state index in [0.717, 1.165) is 41.8 Å². The fourth-order valence-electron chi connectivity index (χ4n) is 5.31. The van der Waals surface area contributed by atoms with Crippen molar-refractivity contribution in [3.63, 3.8) is 0 Å². The Kier molecular flexibility index (Phi) is 6.78. The van der Waals surface area contributed by atoms with Crippen LogP contribution in [0, 0.1) is 0 Å². The van der Waals surface area contributed by atoms with Gasteiger partial charge >= 0.3 is 0 Å². The molecule has 8 nitrogen and oxygen atoms in total. The van der Waals surface area contributed by atoms with E-state index in [4.69, 9.17) is 17.3 Å². The highest BCUT2D eigenvalue weighted by atomic mass is 35.5. The van der Waals surface area contributed by atoms with Gasteiger partial charge in [-0.05, 0) is 60.8 Å². The minimum absolute atomic E-state index is 0.380. The standard InChI is InChI=1S/C28H31ClN8/c29-23-10-21-12-24(14-31-13-19-5-4-6-20(9-19)15-36-7-2-1-3-8-36)35-25(21)22(11-23)16-37-18-34-26-27(30)32-17-33-28(26)37/h4-6,9-12,17-18,31,35H,1-3,7-8,13-16H2,(H2,30,32,33). The fourth-order valence-corrected chi connectivity index (χ4v) is 5.56. The molecule has 4 heterocycles. The van der Waals surface area contributed by atoms with E-state index in [9.17, 15) is 0 Å². The van der Waals surface area contributed by atoms with Gasteiger partial charge in [-0.1, -0.05) is 42.3 Å². The van der Waals surface area contributed by atoms with Crippen molar-refractivity contribution < 1.29 is 0 Å². The van der Waals surface area contributed by atoms with Crippen LogP contribution in [0.3, 0.4) is 0 Å². The molecule has 0 bridgehead atoms. The number of aromatic amines is 1. The first-order chi connectivity index (χ1) is 18.1. The third-order valence-corrected chi connectivity index (χ3v) is 7.31. The normalized spacial score (nSPS) is 14.6. The summed E-state index contributed by atoms with van der Waals surface area (Å²) in [4.78, 5) is 18.9. The van der Waals surface area contributed by atoms with E-state index < -0.39 is 0 Å². The summed E-state index contributed by atoms with van der Waals surface area (Å²) in [6.07, 6.45) is 7.21. The third kappa shape index (κ3) is 5.32. The monoisotopic (exact) mass is 514 g/mol. The van der Waals surface area contributed by atoms with Gasteiger partial charge in [0, 0.05) is 35.7 Å². The maximum Gasteiger partial charge on any atom is 0.165 e. The van der Waals surface area contributed by atoms with Gasteiger partial charge in [0.05, 0.1) is 18.4 Å². The highest BCUT2D eigenvalue weighted by Gasteiger charge is 2.13. The highest BCUT2D eigenvalue weighted by Crippen LogP contribution is 2.27. The molecule has 4 N–H and O–H groups in total. The first-order valence-electron chi connectivity index (χ1n) is 12.8. The van der Waals surface area contributed by atoms with Gasteiger partial charge in [-0.25, -0.2) is 15.0 Å². The van der Waals surface area contributed by atoms with E-state index in [-0.39, 0.29) is 0 Å². The molecule has 0 spiro atoms. The van der Waals surface area contributed by atoms with Crippen LogP contribution < -0.4 is 11.1 Å². The number of nitrogens with two attached hydrogens (primary N) is 1. The lowest BCUT2D eigenvalue weighted by Crippen LogP contribution is -2.29. The summed E-state index contributed by atoms with van der Waals surface area (Å²) in [7, 11) is 0. The Morgan fingerprint density at radius 1 is 0.946 bits per heavy atom. The quantitative estimate of drug-likeness (QED) is 0.273. The van der Waals surface area contributed by atoms with Crippen LogP contribution in [-0.2, 0) is 26.2 Å². The Labute approximate surface area is 220 Å². The average molecular weight is 515 g/mol. The number of H-pyrrole nitrogens is 1. The Balaban J connectivity index is 1.14. The number of benzene rings is 2. The number of hydrogen-bond donors (Lipinski definition) is 3. The number of aromatic nitrogens is 5. The maximum absolute atomic E-state index is 6.48. The molecule has 1 saturated heterocycles. The number of nitrogen functional groups attached to an aromatic ring is 1. The fraction of sp³-hybridized carbons (Fsp3) is 0.321. The highest BCUT2D eigenvalue weighted by molar-refractivity contribution is 6.31. The molecule has 1 aliphatic heterocycles. The van der Waals surface area contributed by atoms with Crippen molar-refractivity contribution in [2.24, 2.45) is 0 Å². The lowest BCUT2D eigenvalue weighted by Gasteiger charge is -2.26. The first-order valence-corrected chi connectivity index (χ1v) is 13.2. The Bertz CT molecular complexity index is 1530. The molecule has 9 heteroatoms. The molecule has 0 saturated carbocycles. The largest absolute Gasteiger partial charge is 0.382 e. The number of rotatable bonds is 8. The summed E-state index contributed by atoms with van der Waals surface area (Å²) in [6, 6.07) is 15.1. The predicted molar refractivity (Wildman–Crippen MR) is 148 cm³/mol. The Morgan fingerprint density at radius 3 is 2.70 bits per heavy atom. The number of anilines is 1. The van der Waals surface area contributed by atoms with Crippen LogP contribution in [0.25, 0.3) is 22.1 Å². The lowest BCUT2D eigenvalue weighted by molar-refractivity contribution is 0.221. The molecule has 2 aromatic carbocycles. The number of hydrogen-bond acceptors (Lipinski definition) is 6. The van der Waals surface area contributed by atoms with E-state index in [2.05, 4.69) is 60.5 Å². The number of nitrogens with one attached hydrogen (secondary N) is 2. The second-order valence-corrected chi connectivity index (χ2v) is 10.3. The maximum atomic E-state index is 6.48. The molecule has 0 unspecified atom stereocenters. The number of likely N-dealkylation sites (tertiary alicyclic amines) is 1. The Hall–Kier alpha value is -3.46. The minimum atomic E-state index is 0.380. The molecule has 0 amide bonds. The van der Waals surface area contributed by atoms with Crippen molar-refractivity contribution in [1.29, 1.82) is 0 Å². The summed E-state index contributed by atoms with van der Waals surface area (Å²) in [5.74, 6) is 0.380. The summed E-state index contributed by atoms with van der Waals surface area (Å²) >= 11 is 6.48. The third-order valence-electron chi connectivity index (χ3n) is 7.09. The van der Waals surface area contributed by atoms with Crippen molar-refractivity contribution in [3.8, 4) is 0 Å². The number of imidazole rings is 1. The summed E-state index contributed by atoms with van der Waals surface area (Å²) in [5, 5.41) is 5.38. The minimum Gasteiger partial charge on any atom is -0.382 e. The molecule has 3 aromatic heterocycles. The van der Waals surface area contributed by atoms with Crippen molar-refractivity contribution in [3.05, 3.63) is 82.5 Å². The molecule has 0 atom stereocenters. The van der Waals surface area contributed by atoms with Crippen LogP contribution in [0.15, 0.2) is 55.1 Å². The molecular weight excluding hydrogens is 484 g/mol. The predicted octanol–water partition coefficient (Wildman–Crippen LogP) is 4.87. The van der Waals surface area contributed by atoms with Crippen LogP contribution in [0.4, 0.5) is 5.82 Å². The summed E-state index contributed by atoms with van der Waals surface area (Å²) in [5.41, 5.74) is 13.2. The zero-order valence-electron chi connectivity index (χ0n) is 20.8. The second-order valence-electron chi connectivity index (χ2n) is 9.89.